The Morgan fingerprint density at radius 1 is 1.00 bits per heavy atom. The lowest BCUT2D eigenvalue weighted by Crippen LogP contribution is -1.89. The second-order valence-electron chi connectivity index (χ2n) is 3.38. The molecule has 0 heterocycles. The zero-order valence-corrected chi connectivity index (χ0v) is 9.15. The summed E-state index contributed by atoms with van der Waals surface area (Å²) in [5, 5.41) is 10.9. The van der Waals surface area contributed by atoms with E-state index in [0.717, 1.165) is 16.5 Å². The molecule has 2 rings (SSSR count). The average molecular weight is 213 g/mol. The van der Waals surface area contributed by atoms with Gasteiger partial charge in [-0.2, -0.15) is 5.26 Å². The molecule has 2 aromatic carbocycles. The molecule has 80 valence electrons. The van der Waals surface area contributed by atoms with E-state index in [9.17, 15) is 0 Å². The van der Waals surface area contributed by atoms with Crippen LogP contribution in [0.25, 0.3) is 10.8 Å². The van der Waals surface area contributed by atoms with Crippen molar-refractivity contribution in [2.45, 2.75) is 0 Å². The predicted octanol–water partition coefficient (Wildman–Crippen LogP) is 2.73. The number of methoxy groups -OCH3 is 2. The molecule has 0 saturated carbocycles. The lowest BCUT2D eigenvalue weighted by molar-refractivity contribution is 0.413. The molecule has 0 saturated heterocycles. The number of nitriles is 1. The van der Waals surface area contributed by atoms with Crippen molar-refractivity contribution in [2.75, 3.05) is 14.2 Å². The Morgan fingerprint density at radius 2 is 1.81 bits per heavy atom. The van der Waals surface area contributed by atoms with Crippen LogP contribution in [-0.2, 0) is 0 Å². The Hall–Kier alpha value is -2.21. The molecule has 0 aliphatic carbocycles. The summed E-state index contributed by atoms with van der Waals surface area (Å²) in [7, 11) is 3.18. The average Bonchev–Trinajstić information content (AvgIpc) is 2.36. The smallest absolute Gasteiger partial charge is 0.137 e. The van der Waals surface area contributed by atoms with Gasteiger partial charge in [-0.05, 0) is 35.0 Å². The molecule has 0 bridgehead atoms. The first-order chi connectivity index (χ1) is 7.78. The van der Waals surface area contributed by atoms with Crippen molar-refractivity contribution in [1.29, 1.82) is 5.26 Å². The molecule has 3 heteroatoms. The third kappa shape index (κ3) is 1.66. The van der Waals surface area contributed by atoms with Gasteiger partial charge in [-0.1, -0.05) is 6.07 Å². The number of benzene rings is 2. The summed E-state index contributed by atoms with van der Waals surface area (Å²) in [5.41, 5.74) is 0.542. The fourth-order valence-electron chi connectivity index (χ4n) is 1.64. The molecule has 2 aromatic rings. The summed E-state index contributed by atoms with van der Waals surface area (Å²) in [4.78, 5) is 0. The van der Waals surface area contributed by atoms with Crippen LogP contribution in [0.15, 0.2) is 30.3 Å². The van der Waals surface area contributed by atoms with E-state index in [0.29, 0.717) is 11.3 Å². The van der Waals surface area contributed by atoms with Crippen LogP contribution in [0.1, 0.15) is 5.56 Å². The van der Waals surface area contributed by atoms with E-state index >= 15 is 0 Å². The van der Waals surface area contributed by atoms with Crippen LogP contribution >= 0.6 is 0 Å². The fraction of sp³-hybridized carbons (Fsp3) is 0.154. The van der Waals surface area contributed by atoms with Gasteiger partial charge >= 0.3 is 0 Å². The Morgan fingerprint density at radius 3 is 2.44 bits per heavy atom. The fourth-order valence-corrected chi connectivity index (χ4v) is 1.64. The van der Waals surface area contributed by atoms with E-state index in [1.54, 1.807) is 14.2 Å². The van der Waals surface area contributed by atoms with Crippen LogP contribution in [0.5, 0.6) is 11.5 Å². The second kappa shape index (κ2) is 4.11. The van der Waals surface area contributed by atoms with Gasteiger partial charge in [0.1, 0.15) is 17.6 Å². The molecule has 0 amide bonds. The topological polar surface area (TPSA) is 42.2 Å². The summed E-state index contributed by atoms with van der Waals surface area (Å²) >= 11 is 0. The minimum Gasteiger partial charge on any atom is -0.497 e. The number of nitrogens with zero attached hydrogens (tertiary/aromatic N) is 1. The molecule has 0 aromatic heterocycles. The van der Waals surface area contributed by atoms with Gasteiger partial charge in [-0.25, -0.2) is 0 Å². The normalized spacial score (nSPS) is 9.81. The maximum absolute atomic E-state index is 8.96. The van der Waals surface area contributed by atoms with Crippen LogP contribution in [0, 0.1) is 11.3 Å². The van der Waals surface area contributed by atoms with Crippen molar-refractivity contribution in [3.05, 3.63) is 35.9 Å². The Kier molecular flexibility index (Phi) is 2.65. The van der Waals surface area contributed by atoms with Gasteiger partial charge in [0.15, 0.2) is 0 Å². The van der Waals surface area contributed by atoms with Crippen molar-refractivity contribution < 1.29 is 9.47 Å². The van der Waals surface area contributed by atoms with Crippen LogP contribution in [0.4, 0.5) is 0 Å². The lowest BCUT2D eigenvalue weighted by atomic mass is 10.1. The van der Waals surface area contributed by atoms with Crippen molar-refractivity contribution >= 4 is 10.8 Å². The zero-order chi connectivity index (χ0) is 11.5. The molecule has 0 unspecified atom stereocenters. The van der Waals surface area contributed by atoms with Gasteiger partial charge in [-0.15, -0.1) is 0 Å². The van der Waals surface area contributed by atoms with Gasteiger partial charge < -0.3 is 9.47 Å². The molecular weight excluding hydrogens is 202 g/mol. The lowest BCUT2D eigenvalue weighted by Gasteiger charge is -2.06. The molecule has 0 radical (unpaired) electrons. The van der Waals surface area contributed by atoms with E-state index < -0.39 is 0 Å². The molecule has 0 N–H and O–H groups in total. The second-order valence-corrected chi connectivity index (χ2v) is 3.38. The molecule has 0 atom stereocenters. The number of hydrogen-bond donors (Lipinski definition) is 0. The first-order valence-corrected chi connectivity index (χ1v) is 4.84. The van der Waals surface area contributed by atoms with E-state index in [2.05, 4.69) is 6.07 Å². The zero-order valence-electron chi connectivity index (χ0n) is 9.15. The van der Waals surface area contributed by atoms with Crippen LogP contribution in [0.3, 0.4) is 0 Å². The van der Waals surface area contributed by atoms with Gasteiger partial charge in [-0.3, -0.25) is 0 Å². The monoisotopic (exact) mass is 213 g/mol. The van der Waals surface area contributed by atoms with Crippen LogP contribution < -0.4 is 9.47 Å². The highest BCUT2D eigenvalue weighted by Crippen LogP contribution is 2.28. The third-order valence-corrected chi connectivity index (χ3v) is 2.49. The summed E-state index contributed by atoms with van der Waals surface area (Å²) in [6.07, 6.45) is 0. The SMILES string of the molecule is COc1ccc2cc(C#N)c(OC)cc2c1. The maximum atomic E-state index is 8.96. The standard InChI is InChI=1S/C13H11NO2/c1-15-12-4-3-9-5-11(8-14)13(16-2)7-10(9)6-12/h3-7H,1-2H3. The minimum atomic E-state index is 0.542. The van der Waals surface area contributed by atoms with Crippen molar-refractivity contribution in [3.63, 3.8) is 0 Å². The number of hydrogen-bond acceptors (Lipinski definition) is 3. The van der Waals surface area contributed by atoms with Crippen LogP contribution in [0.2, 0.25) is 0 Å². The Labute approximate surface area is 93.8 Å². The molecule has 0 aliphatic rings. The molecule has 3 nitrogen and oxygen atoms in total. The molecular formula is C13H11NO2. The first kappa shape index (κ1) is 10.3. The molecule has 16 heavy (non-hydrogen) atoms. The molecule has 0 fully saturated rings. The first-order valence-electron chi connectivity index (χ1n) is 4.84. The highest BCUT2D eigenvalue weighted by Gasteiger charge is 2.05. The Balaban J connectivity index is 2.69. The highest BCUT2D eigenvalue weighted by molar-refractivity contribution is 5.87. The molecule has 0 aliphatic heterocycles. The molecule has 0 spiro atoms. The van der Waals surface area contributed by atoms with E-state index in [1.807, 2.05) is 30.3 Å². The Bertz CT molecular complexity index is 570. The largest absolute Gasteiger partial charge is 0.497 e. The predicted molar refractivity (Wildman–Crippen MR) is 61.8 cm³/mol. The van der Waals surface area contributed by atoms with E-state index in [1.165, 1.54) is 0 Å². The van der Waals surface area contributed by atoms with E-state index in [-0.39, 0.29) is 0 Å². The highest BCUT2D eigenvalue weighted by atomic mass is 16.5. The third-order valence-electron chi connectivity index (χ3n) is 2.49. The van der Waals surface area contributed by atoms with E-state index in [4.69, 9.17) is 14.7 Å². The van der Waals surface area contributed by atoms with Gasteiger partial charge in [0.2, 0.25) is 0 Å². The summed E-state index contributed by atoms with van der Waals surface area (Å²) < 4.78 is 10.3. The maximum Gasteiger partial charge on any atom is 0.137 e. The van der Waals surface area contributed by atoms with Gasteiger partial charge in [0, 0.05) is 0 Å². The van der Waals surface area contributed by atoms with Crippen LogP contribution in [-0.4, -0.2) is 14.2 Å². The number of rotatable bonds is 2. The van der Waals surface area contributed by atoms with Gasteiger partial charge in [0.25, 0.3) is 0 Å². The minimum absolute atomic E-state index is 0.542. The summed E-state index contributed by atoms with van der Waals surface area (Å²) in [5.74, 6) is 1.38. The number of fused-ring (bicyclic) bond motifs is 1. The van der Waals surface area contributed by atoms with Crippen molar-refractivity contribution in [1.82, 2.24) is 0 Å². The summed E-state index contributed by atoms with van der Waals surface area (Å²) in [6.45, 7) is 0. The van der Waals surface area contributed by atoms with Gasteiger partial charge in [0.05, 0.1) is 19.8 Å². The number of ether oxygens (including phenoxy) is 2. The summed E-state index contributed by atoms with van der Waals surface area (Å²) in [6, 6.07) is 11.5. The quantitative estimate of drug-likeness (QED) is 0.770. The van der Waals surface area contributed by atoms with Crippen molar-refractivity contribution in [2.24, 2.45) is 0 Å². The van der Waals surface area contributed by atoms with Crippen molar-refractivity contribution in [3.8, 4) is 17.6 Å².